The Bertz CT molecular complexity index is 901. The zero-order valence-electron chi connectivity index (χ0n) is 13.9. The van der Waals surface area contributed by atoms with Gasteiger partial charge in [-0.3, -0.25) is 19.7 Å². The number of benzene rings is 2. The third kappa shape index (κ3) is 6.08. The fraction of sp³-hybridized carbons (Fsp3) is 0.118. The van der Waals surface area contributed by atoms with Gasteiger partial charge in [0.2, 0.25) is 11.8 Å². The summed E-state index contributed by atoms with van der Waals surface area (Å²) in [6, 6.07) is 10.1. The van der Waals surface area contributed by atoms with E-state index < -0.39 is 16.7 Å². The molecule has 0 atom stereocenters. The van der Waals surface area contributed by atoms with Crippen LogP contribution in [0.25, 0.3) is 0 Å². The van der Waals surface area contributed by atoms with Crippen molar-refractivity contribution in [3.05, 3.63) is 63.2 Å². The van der Waals surface area contributed by atoms with E-state index in [1.807, 2.05) is 0 Å². The lowest BCUT2D eigenvalue weighted by Gasteiger charge is -2.06. The van der Waals surface area contributed by atoms with E-state index in [0.717, 1.165) is 24.4 Å². The molecular weight excluding hydrogens is 376 g/mol. The summed E-state index contributed by atoms with van der Waals surface area (Å²) >= 11 is 5.93. The van der Waals surface area contributed by atoms with Crippen LogP contribution in [-0.4, -0.2) is 28.1 Å². The summed E-state index contributed by atoms with van der Waals surface area (Å²) in [6.07, 6.45) is 0.854. The number of nitrogens with zero attached hydrogens (tertiary/aromatic N) is 2. The number of para-hydroxylation sites is 1. The predicted octanol–water partition coefficient (Wildman–Crippen LogP) is 2.82. The number of halogens is 1. The van der Waals surface area contributed by atoms with Crippen molar-refractivity contribution in [1.82, 2.24) is 5.43 Å². The van der Waals surface area contributed by atoms with E-state index >= 15 is 0 Å². The second-order valence-electron chi connectivity index (χ2n) is 5.32. The maximum atomic E-state index is 11.8. The molecule has 2 rings (SSSR count). The van der Waals surface area contributed by atoms with E-state index in [2.05, 4.69) is 15.8 Å². The number of phenolic OH excluding ortho intramolecular Hbond substituents is 1. The van der Waals surface area contributed by atoms with Crippen molar-refractivity contribution >= 4 is 41.0 Å². The van der Waals surface area contributed by atoms with Crippen molar-refractivity contribution in [2.45, 2.75) is 12.8 Å². The summed E-state index contributed by atoms with van der Waals surface area (Å²) in [5.74, 6) is -1.15. The summed E-state index contributed by atoms with van der Waals surface area (Å²) in [6.45, 7) is 0. The Kier molecular flexibility index (Phi) is 6.84. The number of nitro groups is 1. The Balaban J connectivity index is 1.83. The van der Waals surface area contributed by atoms with Crippen LogP contribution in [0.15, 0.2) is 47.6 Å². The molecule has 140 valence electrons. The van der Waals surface area contributed by atoms with Crippen molar-refractivity contribution < 1.29 is 19.6 Å². The van der Waals surface area contributed by atoms with Crippen molar-refractivity contribution in [2.75, 3.05) is 5.32 Å². The first-order valence-corrected chi connectivity index (χ1v) is 8.08. The molecule has 0 bridgehead atoms. The third-order valence-corrected chi connectivity index (χ3v) is 3.67. The molecule has 0 aliphatic rings. The number of carbonyl (C=O) groups excluding carboxylic acids is 2. The number of phenols is 1. The highest BCUT2D eigenvalue weighted by molar-refractivity contribution is 6.33. The molecule has 0 aliphatic carbocycles. The topological polar surface area (TPSA) is 134 Å². The molecule has 0 aromatic heterocycles. The highest BCUT2D eigenvalue weighted by Gasteiger charge is 2.10. The molecule has 0 fully saturated rings. The Hall–Kier alpha value is -3.46. The molecule has 0 radical (unpaired) electrons. The Morgan fingerprint density at radius 3 is 2.59 bits per heavy atom. The van der Waals surface area contributed by atoms with E-state index in [4.69, 9.17) is 11.6 Å². The lowest BCUT2D eigenvalue weighted by Crippen LogP contribution is -2.20. The minimum Gasteiger partial charge on any atom is -0.507 e. The molecule has 2 amide bonds. The lowest BCUT2D eigenvalue weighted by atomic mass is 10.2. The molecule has 10 heteroatoms. The zero-order valence-corrected chi connectivity index (χ0v) is 14.6. The summed E-state index contributed by atoms with van der Waals surface area (Å²) < 4.78 is 0. The fourth-order valence-corrected chi connectivity index (χ4v) is 2.17. The fourth-order valence-electron chi connectivity index (χ4n) is 1.99. The van der Waals surface area contributed by atoms with Crippen LogP contribution in [0.2, 0.25) is 5.02 Å². The highest BCUT2D eigenvalue weighted by Crippen LogP contribution is 2.21. The van der Waals surface area contributed by atoms with Crippen LogP contribution in [-0.2, 0) is 9.59 Å². The monoisotopic (exact) mass is 390 g/mol. The first-order chi connectivity index (χ1) is 12.9. The van der Waals surface area contributed by atoms with Crippen LogP contribution < -0.4 is 10.7 Å². The lowest BCUT2D eigenvalue weighted by molar-refractivity contribution is -0.384. The van der Waals surface area contributed by atoms with E-state index in [9.17, 15) is 24.8 Å². The summed E-state index contributed by atoms with van der Waals surface area (Å²) in [4.78, 5) is 33.6. The molecule has 0 unspecified atom stereocenters. The number of hydrogen-bond donors (Lipinski definition) is 3. The van der Waals surface area contributed by atoms with Gasteiger partial charge in [-0.05, 0) is 18.2 Å². The van der Waals surface area contributed by atoms with Gasteiger partial charge in [-0.1, -0.05) is 23.7 Å². The van der Waals surface area contributed by atoms with Crippen LogP contribution in [0.3, 0.4) is 0 Å². The van der Waals surface area contributed by atoms with Crippen LogP contribution in [0, 0.1) is 10.1 Å². The standard InChI is InChI=1S/C17H15ClN4O5/c18-13-3-1-2-4-14(13)20-16(24)7-8-17(25)21-19-10-11-9-12(22(26)27)5-6-15(11)23/h1-6,9-10,23H,7-8H2,(H,20,24)(H,21,25)/b19-10+. The summed E-state index contributed by atoms with van der Waals surface area (Å²) in [5, 5.41) is 26.9. The number of non-ortho nitro benzene ring substituents is 1. The van der Waals surface area contributed by atoms with Gasteiger partial charge < -0.3 is 10.4 Å². The first-order valence-electron chi connectivity index (χ1n) is 7.70. The van der Waals surface area contributed by atoms with Gasteiger partial charge in [-0.2, -0.15) is 5.10 Å². The Labute approximate surface area is 158 Å². The van der Waals surface area contributed by atoms with Gasteiger partial charge >= 0.3 is 0 Å². The van der Waals surface area contributed by atoms with Crippen LogP contribution >= 0.6 is 11.6 Å². The number of aromatic hydroxyl groups is 1. The molecule has 2 aromatic rings. The molecule has 0 spiro atoms. The smallest absolute Gasteiger partial charge is 0.270 e. The van der Waals surface area contributed by atoms with Crippen molar-refractivity contribution in [2.24, 2.45) is 5.10 Å². The second-order valence-corrected chi connectivity index (χ2v) is 5.73. The predicted molar refractivity (Wildman–Crippen MR) is 99.8 cm³/mol. The summed E-state index contributed by atoms with van der Waals surface area (Å²) in [7, 11) is 0. The molecule has 27 heavy (non-hydrogen) atoms. The minimum absolute atomic E-state index is 0.0703. The minimum atomic E-state index is -0.618. The average molecular weight is 391 g/mol. The van der Waals surface area contributed by atoms with Crippen LogP contribution in [0.1, 0.15) is 18.4 Å². The molecule has 3 N–H and O–H groups in total. The van der Waals surface area contributed by atoms with E-state index in [1.165, 1.54) is 0 Å². The number of hydrogen-bond acceptors (Lipinski definition) is 6. The number of anilines is 1. The highest BCUT2D eigenvalue weighted by atomic mass is 35.5. The summed E-state index contributed by atoms with van der Waals surface area (Å²) in [5.41, 5.74) is 2.47. The molecule has 0 saturated carbocycles. The second kappa shape index (κ2) is 9.30. The quantitative estimate of drug-likeness (QED) is 0.379. The van der Waals surface area contributed by atoms with E-state index in [-0.39, 0.29) is 29.8 Å². The van der Waals surface area contributed by atoms with Crippen molar-refractivity contribution in [1.29, 1.82) is 0 Å². The average Bonchev–Trinajstić information content (AvgIpc) is 2.63. The van der Waals surface area contributed by atoms with Crippen molar-refractivity contribution in [3.63, 3.8) is 0 Å². The van der Waals surface area contributed by atoms with Gasteiger partial charge in [0.05, 0.1) is 21.8 Å². The number of nitro benzene ring substituents is 1. The first kappa shape index (κ1) is 19.9. The van der Waals surface area contributed by atoms with Crippen LogP contribution in [0.4, 0.5) is 11.4 Å². The molecular formula is C17H15ClN4O5. The normalized spacial score (nSPS) is 10.6. The largest absolute Gasteiger partial charge is 0.507 e. The maximum absolute atomic E-state index is 11.8. The van der Waals surface area contributed by atoms with Crippen molar-refractivity contribution in [3.8, 4) is 5.75 Å². The molecule has 0 aliphatic heterocycles. The number of amides is 2. The van der Waals surface area contributed by atoms with Gasteiger partial charge in [0, 0.05) is 30.5 Å². The van der Waals surface area contributed by atoms with Crippen LogP contribution in [0.5, 0.6) is 5.75 Å². The van der Waals surface area contributed by atoms with E-state index in [1.54, 1.807) is 24.3 Å². The molecule has 9 nitrogen and oxygen atoms in total. The van der Waals surface area contributed by atoms with Gasteiger partial charge in [0.15, 0.2) is 0 Å². The Morgan fingerprint density at radius 2 is 1.89 bits per heavy atom. The van der Waals surface area contributed by atoms with Gasteiger partial charge in [0.25, 0.3) is 5.69 Å². The van der Waals surface area contributed by atoms with E-state index in [0.29, 0.717) is 10.7 Å². The van der Waals surface area contributed by atoms with Gasteiger partial charge in [-0.25, -0.2) is 5.43 Å². The van der Waals surface area contributed by atoms with Gasteiger partial charge in [-0.15, -0.1) is 0 Å². The Morgan fingerprint density at radius 1 is 1.19 bits per heavy atom. The molecule has 0 heterocycles. The number of rotatable bonds is 7. The number of carbonyl (C=O) groups is 2. The molecule has 2 aromatic carbocycles. The number of hydrazone groups is 1. The third-order valence-electron chi connectivity index (χ3n) is 3.34. The molecule has 0 saturated heterocycles. The SMILES string of the molecule is O=C(CCC(=O)Nc1ccccc1Cl)N/N=C/c1cc([N+](=O)[O-])ccc1O. The number of nitrogens with one attached hydrogen (secondary N) is 2. The zero-order chi connectivity index (χ0) is 19.8. The maximum Gasteiger partial charge on any atom is 0.270 e. The van der Waals surface area contributed by atoms with Gasteiger partial charge in [0.1, 0.15) is 5.75 Å².